The molecule has 4 heteroatoms. The van der Waals surface area contributed by atoms with E-state index in [0.717, 1.165) is 6.42 Å². The first kappa shape index (κ1) is 15.6. The van der Waals surface area contributed by atoms with E-state index in [2.05, 4.69) is 11.8 Å². The molecule has 0 amide bonds. The third kappa shape index (κ3) is 5.35. The van der Waals surface area contributed by atoms with Gasteiger partial charge >= 0.3 is 6.18 Å². The number of aliphatic hydroxyl groups excluding tert-OH is 1. The lowest BCUT2D eigenvalue weighted by Crippen LogP contribution is -2.33. The predicted octanol–water partition coefficient (Wildman–Crippen LogP) is 3.77. The van der Waals surface area contributed by atoms with Gasteiger partial charge in [-0.25, -0.2) is 0 Å². The van der Waals surface area contributed by atoms with Crippen molar-refractivity contribution < 1.29 is 18.3 Å². The topological polar surface area (TPSA) is 20.2 Å². The van der Waals surface area contributed by atoms with E-state index < -0.39 is 18.2 Å². The molecule has 0 radical (unpaired) electrons. The van der Waals surface area contributed by atoms with Gasteiger partial charge in [-0.1, -0.05) is 49.8 Å². The molecule has 0 aromatic heterocycles. The summed E-state index contributed by atoms with van der Waals surface area (Å²) in [5.74, 6) is 2.65. The monoisotopic (exact) mass is 270 g/mol. The highest BCUT2D eigenvalue weighted by molar-refractivity contribution is 5.34. The second-order valence-corrected chi connectivity index (χ2v) is 4.36. The van der Waals surface area contributed by atoms with Crippen LogP contribution >= 0.6 is 0 Å². The van der Waals surface area contributed by atoms with Crippen molar-refractivity contribution in [1.82, 2.24) is 0 Å². The van der Waals surface area contributed by atoms with Gasteiger partial charge in [0.05, 0.1) is 6.10 Å². The summed E-state index contributed by atoms with van der Waals surface area (Å²) in [7, 11) is 0. The Morgan fingerprint density at radius 2 is 1.84 bits per heavy atom. The minimum atomic E-state index is -4.51. The van der Waals surface area contributed by atoms with Crippen LogP contribution in [-0.2, 0) is 0 Å². The molecular weight excluding hydrogens is 253 g/mol. The number of rotatable bonds is 4. The summed E-state index contributed by atoms with van der Waals surface area (Å²) in [6.07, 6.45) is -4.55. The Morgan fingerprint density at radius 3 is 2.37 bits per heavy atom. The van der Waals surface area contributed by atoms with Crippen LogP contribution in [0.15, 0.2) is 30.3 Å². The van der Waals surface area contributed by atoms with Gasteiger partial charge in [0.1, 0.15) is 5.92 Å². The lowest BCUT2D eigenvalue weighted by Gasteiger charge is -2.20. The molecular formula is C15H17F3O. The van der Waals surface area contributed by atoms with Crippen LogP contribution in [0.1, 0.15) is 31.7 Å². The molecule has 19 heavy (non-hydrogen) atoms. The van der Waals surface area contributed by atoms with Crippen LogP contribution < -0.4 is 0 Å². The summed E-state index contributed by atoms with van der Waals surface area (Å²) < 4.78 is 38.5. The number of hydrogen-bond donors (Lipinski definition) is 1. The molecule has 0 spiro atoms. The maximum Gasteiger partial charge on any atom is 0.404 e. The van der Waals surface area contributed by atoms with Gasteiger partial charge < -0.3 is 5.11 Å². The van der Waals surface area contributed by atoms with Crippen molar-refractivity contribution in [2.75, 3.05) is 0 Å². The van der Waals surface area contributed by atoms with Crippen molar-refractivity contribution >= 4 is 0 Å². The molecule has 2 atom stereocenters. The van der Waals surface area contributed by atoms with Crippen molar-refractivity contribution in [3.63, 3.8) is 0 Å². The number of alkyl halides is 3. The van der Waals surface area contributed by atoms with E-state index in [0.29, 0.717) is 12.0 Å². The van der Waals surface area contributed by atoms with Crippen LogP contribution in [0, 0.1) is 17.8 Å². The van der Waals surface area contributed by atoms with Crippen LogP contribution in [0.2, 0.25) is 0 Å². The summed E-state index contributed by atoms with van der Waals surface area (Å²) in [5.41, 5.74) is 0.513. The van der Waals surface area contributed by atoms with E-state index in [9.17, 15) is 18.3 Å². The molecule has 0 aliphatic heterocycles. The maximum atomic E-state index is 12.8. The van der Waals surface area contributed by atoms with Gasteiger partial charge in [0.25, 0.3) is 0 Å². The first-order valence-corrected chi connectivity index (χ1v) is 6.26. The highest BCUT2D eigenvalue weighted by Crippen LogP contribution is 2.30. The average Bonchev–Trinajstić information content (AvgIpc) is 2.36. The van der Waals surface area contributed by atoms with E-state index in [-0.39, 0.29) is 6.42 Å². The van der Waals surface area contributed by atoms with Gasteiger partial charge in [-0.15, -0.1) is 0 Å². The molecule has 1 aromatic carbocycles. The molecule has 104 valence electrons. The highest BCUT2D eigenvalue weighted by atomic mass is 19.4. The summed E-state index contributed by atoms with van der Waals surface area (Å²) in [6, 6.07) is 8.46. The lowest BCUT2D eigenvalue weighted by atomic mass is 9.97. The smallest absolute Gasteiger partial charge is 0.391 e. The molecule has 0 fully saturated rings. The minimum Gasteiger partial charge on any atom is -0.391 e. The fourth-order valence-electron chi connectivity index (χ4n) is 1.66. The molecule has 1 rings (SSSR count). The first-order chi connectivity index (χ1) is 8.95. The molecule has 0 heterocycles. The molecule has 0 bridgehead atoms. The molecule has 0 aliphatic carbocycles. The van der Waals surface area contributed by atoms with Crippen molar-refractivity contribution in [1.29, 1.82) is 0 Å². The van der Waals surface area contributed by atoms with Crippen LogP contribution in [-0.4, -0.2) is 17.4 Å². The van der Waals surface area contributed by atoms with E-state index in [1.165, 1.54) is 0 Å². The van der Waals surface area contributed by atoms with E-state index in [4.69, 9.17) is 0 Å². The van der Waals surface area contributed by atoms with Crippen LogP contribution in [0.25, 0.3) is 0 Å². The highest BCUT2D eigenvalue weighted by Gasteiger charge is 2.42. The molecule has 0 aliphatic rings. The van der Waals surface area contributed by atoms with Gasteiger partial charge in [-0.05, 0) is 18.6 Å². The zero-order valence-electron chi connectivity index (χ0n) is 10.7. The average molecular weight is 270 g/mol. The number of benzene rings is 1. The fourth-order valence-corrected chi connectivity index (χ4v) is 1.66. The van der Waals surface area contributed by atoms with E-state index in [1.807, 2.05) is 6.92 Å². The van der Waals surface area contributed by atoms with Crippen LogP contribution in [0.4, 0.5) is 13.2 Å². The SMILES string of the molecule is CCCC[C@H](O)[C@@H](C#Cc1ccccc1)C(F)(F)F. The molecule has 1 nitrogen and oxygen atoms in total. The normalized spacial score (nSPS) is 14.4. The second-order valence-electron chi connectivity index (χ2n) is 4.36. The molecule has 0 unspecified atom stereocenters. The summed E-state index contributed by atoms with van der Waals surface area (Å²) >= 11 is 0. The van der Waals surface area contributed by atoms with E-state index >= 15 is 0 Å². The summed E-state index contributed by atoms with van der Waals surface area (Å²) in [4.78, 5) is 0. The second kappa shape index (κ2) is 7.20. The summed E-state index contributed by atoms with van der Waals surface area (Å²) in [6.45, 7) is 1.87. The van der Waals surface area contributed by atoms with Crippen molar-refractivity contribution in [3.8, 4) is 11.8 Å². The zero-order chi connectivity index (χ0) is 14.3. The Balaban J connectivity index is 2.85. The van der Waals surface area contributed by atoms with Gasteiger partial charge in [0.15, 0.2) is 0 Å². The largest absolute Gasteiger partial charge is 0.404 e. The number of aliphatic hydroxyl groups is 1. The maximum absolute atomic E-state index is 12.8. The molecule has 1 N–H and O–H groups in total. The fraction of sp³-hybridized carbons (Fsp3) is 0.467. The molecule has 0 saturated carbocycles. The number of unbranched alkanes of at least 4 members (excludes halogenated alkanes) is 1. The third-order valence-corrected chi connectivity index (χ3v) is 2.74. The Hall–Kier alpha value is -1.47. The van der Waals surface area contributed by atoms with Crippen LogP contribution in [0.5, 0.6) is 0 Å². The Bertz CT molecular complexity index is 428. The lowest BCUT2D eigenvalue weighted by molar-refractivity contribution is -0.182. The zero-order valence-corrected chi connectivity index (χ0v) is 10.7. The molecule has 1 aromatic rings. The third-order valence-electron chi connectivity index (χ3n) is 2.74. The first-order valence-electron chi connectivity index (χ1n) is 6.26. The van der Waals surface area contributed by atoms with Crippen molar-refractivity contribution in [3.05, 3.63) is 35.9 Å². The Labute approximate surface area is 111 Å². The predicted molar refractivity (Wildman–Crippen MR) is 68.4 cm³/mol. The van der Waals surface area contributed by atoms with Gasteiger partial charge in [-0.3, -0.25) is 0 Å². The van der Waals surface area contributed by atoms with Gasteiger partial charge in [-0.2, -0.15) is 13.2 Å². The standard InChI is InChI=1S/C15H17F3O/c1-2-3-9-14(19)13(15(16,17)18)11-10-12-7-5-4-6-8-12/h4-8,13-14,19H,2-3,9H2,1H3/t13-,14+/m1/s1. The molecule has 0 saturated heterocycles. The Kier molecular flexibility index (Phi) is 5.91. The van der Waals surface area contributed by atoms with Gasteiger partial charge in [0, 0.05) is 5.56 Å². The summed E-state index contributed by atoms with van der Waals surface area (Å²) in [5, 5.41) is 9.63. The van der Waals surface area contributed by atoms with Crippen molar-refractivity contribution in [2.45, 2.75) is 38.5 Å². The number of hydrogen-bond acceptors (Lipinski definition) is 1. The quantitative estimate of drug-likeness (QED) is 0.826. The van der Waals surface area contributed by atoms with Crippen molar-refractivity contribution in [2.24, 2.45) is 5.92 Å². The Morgan fingerprint density at radius 1 is 1.21 bits per heavy atom. The van der Waals surface area contributed by atoms with E-state index in [1.54, 1.807) is 30.3 Å². The van der Waals surface area contributed by atoms with Crippen LogP contribution in [0.3, 0.4) is 0 Å². The van der Waals surface area contributed by atoms with Gasteiger partial charge in [0.2, 0.25) is 0 Å². The minimum absolute atomic E-state index is 0.115. The number of halogens is 3.